The number of nitrogens with zero attached hydrogens (tertiary/aromatic N) is 2. The molecule has 0 bridgehead atoms. The summed E-state index contributed by atoms with van der Waals surface area (Å²) in [4.78, 5) is 28.6. The van der Waals surface area contributed by atoms with Crippen LogP contribution in [0.1, 0.15) is 17.5 Å². The van der Waals surface area contributed by atoms with E-state index < -0.39 is 0 Å². The van der Waals surface area contributed by atoms with Crippen LogP contribution < -0.4 is 0 Å². The van der Waals surface area contributed by atoms with Crippen molar-refractivity contribution in [1.29, 1.82) is 0 Å². The Morgan fingerprint density at radius 3 is 1.48 bits per heavy atom. The van der Waals surface area contributed by atoms with Gasteiger partial charge in [0.15, 0.2) is 0 Å². The quantitative estimate of drug-likeness (QED) is 0.479. The molecule has 2 aromatic rings. The number of carbonyl (C=O) groups excluding carboxylic acids is 2. The van der Waals surface area contributed by atoms with Crippen LogP contribution in [0.4, 0.5) is 0 Å². The van der Waals surface area contributed by atoms with Gasteiger partial charge in [-0.3, -0.25) is 9.59 Å². The Balaban J connectivity index is 1.57. The predicted octanol–water partition coefficient (Wildman–Crippen LogP) is 6.09. The van der Waals surface area contributed by atoms with Gasteiger partial charge in [0, 0.05) is 58.4 Å². The lowest BCUT2D eigenvalue weighted by Crippen LogP contribution is -2.36. The SMILES string of the molecule is O=C(C=Cc1ccc(Cl)cc1Cl)N1CCCN(C(=O)C=Cc2ccc(Cl)cc2Cl)CC1. The second-order valence-corrected chi connectivity index (χ2v) is 8.69. The van der Waals surface area contributed by atoms with Crippen molar-refractivity contribution < 1.29 is 9.59 Å². The first kappa shape index (κ1) is 23.7. The van der Waals surface area contributed by atoms with E-state index in [1.165, 1.54) is 12.2 Å². The van der Waals surface area contributed by atoms with E-state index >= 15 is 0 Å². The molecule has 8 heteroatoms. The van der Waals surface area contributed by atoms with Gasteiger partial charge >= 0.3 is 0 Å². The molecule has 2 aromatic carbocycles. The normalized spacial score (nSPS) is 15.0. The number of hydrogen-bond acceptors (Lipinski definition) is 2. The van der Waals surface area contributed by atoms with Crippen molar-refractivity contribution in [2.75, 3.05) is 26.2 Å². The highest BCUT2D eigenvalue weighted by Crippen LogP contribution is 2.23. The maximum absolute atomic E-state index is 12.6. The molecule has 1 saturated heterocycles. The largest absolute Gasteiger partial charge is 0.337 e. The van der Waals surface area contributed by atoms with Gasteiger partial charge in [-0.1, -0.05) is 58.5 Å². The summed E-state index contributed by atoms with van der Waals surface area (Å²) in [6.45, 7) is 2.07. The Hall–Kier alpha value is -1.98. The van der Waals surface area contributed by atoms with Gasteiger partial charge in [0.05, 0.1) is 0 Å². The van der Waals surface area contributed by atoms with Crippen LogP contribution >= 0.6 is 46.4 Å². The molecule has 0 N–H and O–H groups in total. The van der Waals surface area contributed by atoms with Crippen molar-refractivity contribution >= 4 is 70.4 Å². The fraction of sp³-hybridized carbons (Fsp3) is 0.217. The lowest BCUT2D eigenvalue weighted by molar-refractivity contribution is -0.128. The molecule has 0 aliphatic carbocycles. The highest BCUT2D eigenvalue weighted by molar-refractivity contribution is 6.36. The van der Waals surface area contributed by atoms with Crippen LogP contribution in [0.3, 0.4) is 0 Å². The third-order valence-electron chi connectivity index (χ3n) is 4.86. The molecule has 1 aliphatic rings. The first-order valence-electron chi connectivity index (χ1n) is 9.67. The molecule has 0 atom stereocenters. The third kappa shape index (κ3) is 6.75. The average Bonchev–Trinajstić information content (AvgIpc) is 2.98. The Morgan fingerprint density at radius 1 is 0.677 bits per heavy atom. The van der Waals surface area contributed by atoms with Crippen molar-refractivity contribution in [3.63, 3.8) is 0 Å². The van der Waals surface area contributed by atoms with Gasteiger partial charge in [-0.05, 0) is 54.0 Å². The average molecular weight is 498 g/mol. The van der Waals surface area contributed by atoms with E-state index in [2.05, 4.69) is 0 Å². The summed E-state index contributed by atoms with van der Waals surface area (Å²) in [5.74, 6) is -0.243. The van der Waals surface area contributed by atoms with E-state index in [0.717, 1.165) is 11.1 Å². The Bertz CT molecular complexity index is 955. The Morgan fingerprint density at radius 2 is 1.10 bits per heavy atom. The predicted molar refractivity (Wildman–Crippen MR) is 129 cm³/mol. The van der Waals surface area contributed by atoms with Crippen LogP contribution in [0, 0.1) is 0 Å². The molecule has 0 unspecified atom stereocenters. The first-order chi connectivity index (χ1) is 14.8. The van der Waals surface area contributed by atoms with Crippen LogP contribution in [0.25, 0.3) is 12.2 Å². The zero-order valence-corrected chi connectivity index (χ0v) is 19.6. The zero-order chi connectivity index (χ0) is 22.4. The molecule has 162 valence electrons. The molecule has 0 spiro atoms. The van der Waals surface area contributed by atoms with Crippen LogP contribution in [0.15, 0.2) is 48.6 Å². The number of halogens is 4. The molecule has 0 aromatic heterocycles. The monoisotopic (exact) mass is 496 g/mol. The van der Waals surface area contributed by atoms with Crippen LogP contribution in [0.2, 0.25) is 20.1 Å². The van der Waals surface area contributed by atoms with E-state index in [0.29, 0.717) is 52.7 Å². The van der Waals surface area contributed by atoms with Gasteiger partial charge in [0.25, 0.3) is 0 Å². The zero-order valence-electron chi connectivity index (χ0n) is 16.5. The Labute approximate surface area is 201 Å². The summed E-state index contributed by atoms with van der Waals surface area (Å²) < 4.78 is 0. The highest BCUT2D eigenvalue weighted by Gasteiger charge is 2.19. The second-order valence-electron chi connectivity index (χ2n) is 7.00. The maximum atomic E-state index is 12.6. The molecule has 1 heterocycles. The summed E-state index contributed by atoms with van der Waals surface area (Å²) in [5, 5.41) is 2.05. The first-order valence-corrected chi connectivity index (χ1v) is 11.2. The van der Waals surface area contributed by atoms with Crippen LogP contribution in [0.5, 0.6) is 0 Å². The van der Waals surface area contributed by atoms with E-state index in [4.69, 9.17) is 46.4 Å². The molecular weight excluding hydrogens is 478 g/mol. The summed E-state index contributed by atoms with van der Waals surface area (Å²) >= 11 is 24.1. The highest BCUT2D eigenvalue weighted by atomic mass is 35.5. The van der Waals surface area contributed by atoms with Crippen molar-refractivity contribution in [3.8, 4) is 0 Å². The molecule has 1 aliphatic heterocycles. The molecule has 3 rings (SSSR count). The number of rotatable bonds is 4. The molecule has 0 saturated carbocycles. The van der Waals surface area contributed by atoms with E-state index in [9.17, 15) is 9.59 Å². The van der Waals surface area contributed by atoms with E-state index in [1.807, 2.05) is 0 Å². The number of benzene rings is 2. The van der Waals surface area contributed by atoms with Crippen molar-refractivity contribution in [1.82, 2.24) is 9.80 Å². The van der Waals surface area contributed by atoms with Crippen molar-refractivity contribution in [2.24, 2.45) is 0 Å². The number of hydrogen-bond donors (Lipinski definition) is 0. The summed E-state index contributed by atoms with van der Waals surface area (Å²) in [5.41, 5.74) is 1.44. The molecule has 2 amide bonds. The maximum Gasteiger partial charge on any atom is 0.246 e. The number of amides is 2. The van der Waals surface area contributed by atoms with Gasteiger partial charge in [0.2, 0.25) is 11.8 Å². The molecule has 4 nitrogen and oxygen atoms in total. The Kier molecular flexibility index (Phi) is 8.44. The van der Waals surface area contributed by atoms with E-state index in [1.54, 1.807) is 58.4 Å². The molecule has 31 heavy (non-hydrogen) atoms. The van der Waals surface area contributed by atoms with Gasteiger partial charge in [0.1, 0.15) is 0 Å². The minimum atomic E-state index is -0.121. The molecule has 1 fully saturated rings. The van der Waals surface area contributed by atoms with Gasteiger partial charge in [-0.2, -0.15) is 0 Å². The minimum Gasteiger partial charge on any atom is -0.337 e. The topological polar surface area (TPSA) is 40.6 Å². The second kappa shape index (κ2) is 11.1. The number of carbonyl (C=O) groups is 2. The van der Waals surface area contributed by atoms with Crippen molar-refractivity contribution in [3.05, 3.63) is 79.8 Å². The van der Waals surface area contributed by atoms with Crippen molar-refractivity contribution in [2.45, 2.75) is 6.42 Å². The van der Waals surface area contributed by atoms with Gasteiger partial charge in [-0.15, -0.1) is 0 Å². The summed E-state index contributed by atoms with van der Waals surface area (Å²) in [6, 6.07) is 10.2. The summed E-state index contributed by atoms with van der Waals surface area (Å²) in [6.07, 6.45) is 7.04. The minimum absolute atomic E-state index is 0.121. The van der Waals surface area contributed by atoms with Crippen LogP contribution in [-0.2, 0) is 9.59 Å². The lowest BCUT2D eigenvalue weighted by atomic mass is 10.2. The fourth-order valence-electron chi connectivity index (χ4n) is 3.16. The fourth-order valence-corrected chi connectivity index (χ4v) is 4.11. The van der Waals surface area contributed by atoms with Crippen LogP contribution in [-0.4, -0.2) is 47.8 Å². The van der Waals surface area contributed by atoms with Gasteiger partial charge in [-0.25, -0.2) is 0 Å². The third-order valence-corrected chi connectivity index (χ3v) is 5.98. The standard InChI is InChI=1S/C23H20Cl4N2O2/c24-18-6-2-16(20(26)14-18)4-8-22(30)28-10-1-11-29(13-12-28)23(31)9-5-17-3-7-19(25)15-21(17)27/h2-9,14-15H,1,10-13H2. The van der Waals surface area contributed by atoms with Gasteiger partial charge < -0.3 is 9.80 Å². The van der Waals surface area contributed by atoms with E-state index in [-0.39, 0.29) is 11.8 Å². The lowest BCUT2D eigenvalue weighted by Gasteiger charge is -2.20. The molecule has 0 radical (unpaired) electrons. The summed E-state index contributed by atoms with van der Waals surface area (Å²) in [7, 11) is 0. The smallest absolute Gasteiger partial charge is 0.246 e. The molecular formula is C23H20Cl4N2O2.